The number of nitrogens with zero attached hydrogens (tertiary/aromatic N) is 2. The number of hydrogen-bond donors (Lipinski definition) is 0. The Bertz CT molecular complexity index is 379. The van der Waals surface area contributed by atoms with E-state index in [1.165, 1.54) is 11.0 Å². The molecule has 7 heteroatoms. The third-order valence-corrected chi connectivity index (χ3v) is 3.77. The van der Waals surface area contributed by atoms with Crippen LogP contribution in [-0.4, -0.2) is 70.7 Å². The molecule has 1 amide bonds. The van der Waals surface area contributed by atoms with E-state index in [1.54, 1.807) is 7.05 Å². The third-order valence-electron chi connectivity index (χ3n) is 2.45. The van der Waals surface area contributed by atoms with Gasteiger partial charge in [0.1, 0.15) is 0 Å². The van der Waals surface area contributed by atoms with Crippen molar-refractivity contribution in [2.24, 2.45) is 0 Å². The summed E-state index contributed by atoms with van der Waals surface area (Å²) in [5.41, 5.74) is 0. The zero-order valence-electron chi connectivity index (χ0n) is 12.0. The molecular formula is C12H24N2O4S. The van der Waals surface area contributed by atoms with Gasteiger partial charge >= 0.3 is 0 Å². The van der Waals surface area contributed by atoms with Crippen molar-refractivity contribution in [3.63, 3.8) is 0 Å². The van der Waals surface area contributed by atoms with Gasteiger partial charge in [-0.15, -0.1) is 0 Å². The monoisotopic (exact) mass is 292 g/mol. The normalized spacial score (nSPS) is 11.6. The Hall–Kier alpha value is -0.920. The largest absolute Gasteiger partial charge is 0.342 e. The molecule has 0 rings (SSSR count). The van der Waals surface area contributed by atoms with E-state index in [2.05, 4.69) is 6.58 Å². The first-order valence-electron chi connectivity index (χ1n) is 6.18. The second-order valence-electron chi connectivity index (χ2n) is 4.56. The van der Waals surface area contributed by atoms with Crippen molar-refractivity contribution in [1.29, 1.82) is 0 Å². The molecule has 0 N–H and O–H groups in total. The quantitative estimate of drug-likeness (QED) is 0.329. The molecule has 0 aliphatic carbocycles. The molecule has 0 radical (unpaired) electrons. The van der Waals surface area contributed by atoms with Crippen LogP contribution in [0.15, 0.2) is 12.7 Å². The summed E-state index contributed by atoms with van der Waals surface area (Å²) in [7, 11) is 1.96. The van der Waals surface area contributed by atoms with Crippen LogP contribution in [-0.2, 0) is 19.1 Å². The molecular weight excluding hydrogens is 268 g/mol. The maximum Gasteiger partial charge on any atom is 0.267 e. The van der Waals surface area contributed by atoms with Crippen LogP contribution in [0.2, 0.25) is 0 Å². The van der Waals surface area contributed by atoms with Gasteiger partial charge < -0.3 is 9.80 Å². The molecule has 0 saturated heterocycles. The Morgan fingerprint density at radius 1 is 1.21 bits per heavy atom. The number of likely N-dealkylation sites (N-methyl/N-ethyl adjacent to an activating group) is 1. The van der Waals surface area contributed by atoms with Crippen LogP contribution in [0.4, 0.5) is 0 Å². The van der Waals surface area contributed by atoms with Crippen molar-refractivity contribution in [3.8, 4) is 0 Å². The molecule has 0 bridgehead atoms. The lowest BCUT2D eigenvalue weighted by Gasteiger charge is -2.14. The zero-order chi connectivity index (χ0) is 14.9. The van der Waals surface area contributed by atoms with E-state index in [0.29, 0.717) is 25.9 Å². The Kier molecular flexibility index (Phi) is 8.62. The molecule has 6 nitrogen and oxygen atoms in total. The first kappa shape index (κ1) is 18.1. The van der Waals surface area contributed by atoms with E-state index >= 15 is 0 Å². The number of hydrogen-bond acceptors (Lipinski definition) is 5. The zero-order valence-corrected chi connectivity index (χ0v) is 12.8. The van der Waals surface area contributed by atoms with Crippen molar-refractivity contribution >= 4 is 16.0 Å². The van der Waals surface area contributed by atoms with Crippen molar-refractivity contribution in [2.75, 3.05) is 46.6 Å². The topological polar surface area (TPSA) is 66.9 Å². The van der Waals surface area contributed by atoms with Crippen molar-refractivity contribution < 1.29 is 17.4 Å². The van der Waals surface area contributed by atoms with E-state index in [1.807, 2.05) is 19.0 Å². The van der Waals surface area contributed by atoms with Gasteiger partial charge in [0.15, 0.2) is 0 Å². The molecule has 0 aromatic rings. The Morgan fingerprint density at radius 3 is 2.37 bits per heavy atom. The number of rotatable bonds is 10. The van der Waals surface area contributed by atoms with E-state index in [-0.39, 0.29) is 18.3 Å². The van der Waals surface area contributed by atoms with Gasteiger partial charge in [-0.05, 0) is 39.6 Å². The first-order chi connectivity index (χ1) is 8.78. The van der Waals surface area contributed by atoms with Gasteiger partial charge in [-0.3, -0.25) is 8.98 Å². The standard InChI is InChI=1S/C12H24N2O4S/c1-5-12(15)14(4)9-6-10-18-19(16,17)11-7-8-13(2)3/h5H,1,6-11H2,2-4H3. The molecule has 0 aliphatic heterocycles. The lowest BCUT2D eigenvalue weighted by molar-refractivity contribution is -0.124. The highest BCUT2D eigenvalue weighted by Gasteiger charge is 2.11. The van der Waals surface area contributed by atoms with Crippen LogP contribution in [0, 0.1) is 0 Å². The molecule has 0 atom stereocenters. The molecule has 0 spiro atoms. The summed E-state index contributed by atoms with van der Waals surface area (Å²) in [6, 6.07) is 0. The maximum absolute atomic E-state index is 11.5. The highest BCUT2D eigenvalue weighted by Crippen LogP contribution is 1.99. The van der Waals surface area contributed by atoms with Crippen LogP contribution < -0.4 is 0 Å². The second kappa shape index (κ2) is 9.06. The fraction of sp³-hybridized carbons (Fsp3) is 0.750. The average Bonchev–Trinajstić information content (AvgIpc) is 2.32. The van der Waals surface area contributed by atoms with E-state index in [4.69, 9.17) is 4.18 Å². The molecule has 0 aliphatic rings. The van der Waals surface area contributed by atoms with Crippen LogP contribution in [0.3, 0.4) is 0 Å². The molecule has 0 fully saturated rings. The summed E-state index contributed by atoms with van der Waals surface area (Å²) >= 11 is 0. The molecule has 0 saturated carbocycles. The summed E-state index contributed by atoms with van der Waals surface area (Å²) in [5.74, 6) is -0.166. The van der Waals surface area contributed by atoms with Crippen LogP contribution in [0.25, 0.3) is 0 Å². The van der Waals surface area contributed by atoms with Gasteiger partial charge in [0.05, 0.1) is 12.4 Å². The minimum absolute atomic E-state index is 0.0204. The van der Waals surface area contributed by atoms with E-state index in [9.17, 15) is 13.2 Å². The van der Waals surface area contributed by atoms with Crippen molar-refractivity contribution in [1.82, 2.24) is 9.80 Å². The third kappa shape index (κ3) is 9.63. The predicted octanol–water partition coefficient (Wildman–Crippen LogP) is 0.319. The maximum atomic E-state index is 11.5. The number of carbonyl (C=O) groups is 1. The highest BCUT2D eigenvalue weighted by molar-refractivity contribution is 7.86. The van der Waals surface area contributed by atoms with Crippen molar-refractivity contribution in [3.05, 3.63) is 12.7 Å². The molecule has 112 valence electrons. The number of amides is 1. The lowest BCUT2D eigenvalue weighted by Crippen LogP contribution is -2.27. The Labute approximate surface area is 116 Å². The van der Waals surface area contributed by atoms with E-state index < -0.39 is 10.1 Å². The fourth-order valence-corrected chi connectivity index (χ4v) is 2.34. The van der Waals surface area contributed by atoms with Gasteiger partial charge in [0, 0.05) is 13.6 Å². The van der Waals surface area contributed by atoms with Gasteiger partial charge in [-0.2, -0.15) is 8.42 Å². The summed E-state index contributed by atoms with van der Waals surface area (Å²) in [6.07, 6.45) is 2.24. The van der Waals surface area contributed by atoms with Crippen LogP contribution in [0.5, 0.6) is 0 Å². The first-order valence-corrected chi connectivity index (χ1v) is 7.75. The Morgan fingerprint density at radius 2 is 1.84 bits per heavy atom. The average molecular weight is 292 g/mol. The highest BCUT2D eigenvalue weighted by atomic mass is 32.2. The summed E-state index contributed by atoms with van der Waals surface area (Å²) < 4.78 is 27.9. The minimum atomic E-state index is -3.45. The van der Waals surface area contributed by atoms with E-state index in [0.717, 1.165) is 0 Å². The van der Waals surface area contributed by atoms with Gasteiger partial charge in [-0.1, -0.05) is 6.58 Å². The molecule has 0 unspecified atom stereocenters. The summed E-state index contributed by atoms with van der Waals surface area (Å²) in [5, 5.41) is 0. The summed E-state index contributed by atoms with van der Waals surface area (Å²) in [6.45, 7) is 4.62. The summed E-state index contributed by atoms with van der Waals surface area (Å²) in [4.78, 5) is 14.5. The Balaban J connectivity index is 3.81. The molecule has 19 heavy (non-hydrogen) atoms. The van der Waals surface area contributed by atoms with Crippen molar-refractivity contribution in [2.45, 2.75) is 12.8 Å². The molecule has 0 heterocycles. The lowest BCUT2D eigenvalue weighted by atomic mass is 10.4. The van der Waals surface area contributed by atoms with Gasteiger partial charge in [0.25, 0.3) is 10.1 Å². The van der Waals surface area contributed by atoms with Gasteiger partial charge in [0.2, 0.25) is 5.91 Å². The molecule has 0 aromatic heterocycles. The SMILES string of the molecule is C=CC(=O)N(C)CCCOS(=O)(=O)CCCN(C)C. The molecule has 0 aromatic carbocycles. The minimum Gasteiger partial charge on any atom is -0.342 e. The fourth-order valence-electron chi connectivity index (χ4n) is 1.37. The van der Waals surface area contributed by atoms with Crippen LogP contribution >= 0.6 is 0 Å². The predicted molar refractivity (Wildman–Crippen MR) is 75.4 cm³/mol. The van der Waals surface area contributed by atoms with Gasteiger partial charge in [-0.25, -0.2) is 0 Å². The smallest absolute Gasteiger partial charge is 0.267 e. The number of carbonyl (C=O) groups excluding carboxylic acids is 1. The van der Waals surface area contributed by atoms with Crippen LogP contribution in [0.1, 0.15) is 12.8 Å². The second-order valence-corrected chi connectivity index (χ2v) is 6.32.